The molecule has 2 aromatic carbocycles. The van der Waals surface area contributed by atoms with Gasteiger partial charge in [-0.3, -0.25) is 4.79 Å². The number of quaternary nitrogens is 1. The number of hydrogen-bond donors (Lipinski definition) is 0. The highest BCUT2D eigenvalue weighted by Crippen LogP contribution is 2.31. The number of benzene rings is 2. The molecule has 31 heavy (non-hydrogen) atoms. The first kappa shape index (κ1) is 22.5. The Balaban J connectivity index is 1.72. The average molecular weight is 421 g/mol. The van der Waals surface area contributed by atoms with Crippen molar-refractivity contribution in [3.8, 4) is 6.07 Å². The van der Waals surface area contributed by atoms with Gasteiger partial charge in [-0.25, -0.2) is 4.79 Å². The Hall–Kier alpha value is -3.17. The minimum Gasteiger partial charge on any atom is -0.457 e. The highest BCUT2D eigenvalue weighted by molar-refractivity contribution is 5.98. The zero-order chi connectivity index (χ0) is 22.6. The van der Waals surface area contributed by atoms with Gasteiger partial charge < -0.3 is 14.1 Å². The number of carbonyl (C=O) groups is 2. The fourth-order valence-electron chi connectivity index (χ4n) is 4.40. The van der Waals surface area contributed by atoms with E-state index in [2.05, 4.69) is 6.07 Å². The smallest absolute Gasteiger partial charge is 0.362 e. The van der Waals surface area contributed by atoms with Crippen molar-refractivity contribution in [1.82, 2.24) is 0 Å². The van der Waals surface area contributed by atoms with Gasteiger partial charge in [0.25, 0.3) is 5.91 Å². The molecule has 1 unspecified atom stereocenters. The van der Waals surface area contributed by atoms with Crippen LogP contribution >= 0.6 is 0 Å². The molecule has 2 aromatic rings. The third kappa shape index (κ3) is 5.12. The number of hydrogen-bond acceptors (Lipinski definition) is 4. The van der Waals surface area contributed by atoms with Gasteiger partial charge in [0.1, 0.15) is 6.61 Å². The molecule has 1 aliphatic rings. The van der Waals surface area contributed by atoms with Gasteiger partial charge in [-0.1, -0.05) is 30.3 Å². The third-order valence-corrected chi connectivity index (χ3v) is 5.92. The van der Waals surface area contributed by atoms with E-state index in [0.717, 1.165) is 35.2 Å². The van der Waals surface area contributed by atoms with Crippen LogP contribution in [0.3, 0.4) is 0 Å². The number of nitriles is 1. The molecule has 1 amide bonds. The van der Waals surface area contributed by atoms with Gasteiger partial charge in [-0.15, -0.1) is 0 Å². The van der Waals surface area contributed by atoms with Gasteiger partial charge in [-0.05, 0) is 49.1 Å². The van der Waals surface area contributed by atoms with E-state index in [-0.39, 0.29) is 35.6 Å². The second kappa shape index (κ2) is 9.32. The number of likely N-dealkylation sites (N-methyl/N-ethyl adjacent to an activating group) is 1. The molecule has 0 bridgehead atoms. The van der Waals surface area contributed by atoms with Gasteiger partial charge >= 0.3 is 5.97 Å². The standard InChI is InChI=1S/C25H30N3O3/c1-18-13-21(15-26)14-19(2)24(18)27-12-8-11-22(25(27)30)28(3,4)16-23(29)31-17-20-9-6-5-7-10-20/h5-7,9-10,13-14,22H,8,11-12,16-17H2,1-4H3/q+1. The number of esters is 1. The number of ether oxygens (including phenoxy) is 1. The molecule has 0 N–H and O–H groups in total. The molecule has 0 saturated carbocycles. The lowest BCUT2D eigenvalue weighted by Gasteiger charge is -2.42. The van der Waals surface area contributed by atoms with Crippen LogP contribution in [0.2, 0.25) is 0 Å². The van der Waals surface area contributed by atoms with E-state index in [1.165, 1.54) is 0 Å². The highest BCUT2D eigenvalue weighted by atomic mass is 16.5. The summed E-state index contributed by atoms with van der Waals surface area (Å²) in [4.78, 5) is 27.8. The van der Waals surface area contributed by atoms with Crippen molar-refractivity contribution in [3.63, 3.8) is 0 Å². The monoisotopic (exact) mass is 420 g/mol. The van der Waals surface area contributed by atoms with Crippen LogP contribution in [0.1, 0.15) is 35.1 Å². The number of amides is 1. The summed E-state index contributed by atoms with van der Waals surface area (Å²) >= 11 is 0. The summed E-state index contributed by atoms with van der Waals surface area (Å²) in [5.41, 5.74) is 4.24. The lowest BCUT2D eigenvalue weighted by molar-refractivity contribution is -0.899. The van der Waals surface area contributed by atoms with Gasteiger partial charge in [0.05, 0.1) is 25.7 Å². The van der Waals surface area contributed by atoms with Crippen LogP contribution < -0.4 is 4.90 Å². The predicted octanol–water partition coefficient (Wildman–Crippen LogP) is 3.49. The Labute approximate surface area is 184 Å². The summed E-state index contributed by atoms with van der Waals surface area (Å²) < 4.78 is 5.70. The summed E-state index contributed by atoms with van der Waals surface area (Å²) in [5, 5.41) is 9.21. The third-order valence-electron chi connectivity index (χ3n) is 5.92. The molecule has 1 aliphatic heterocycles. The molecular formula is C25H30N3O3+. The van der Waals surface area contributed by atoms with Gasteiger partial charge in [0.2, 0.25) is 0 Å². The van der Waals surface area contributed by atoms with Crippen LogP contribution in [-0.2, 0) is 20.9 Å². The fourth-order valence-corrected chi connectivity index (χ4v) is 4.40. The summed E-state index contributed by atoms with van der Waals surface area (Å²) in [6.45, 7) is 4.86. The predicted molar refractivity (Wildman–Crippen MR) is 119 cm³/mol. The SMILES string of the molecule is Cc1cc(C#N)cc(C)c1N1CCCC([N+](C)(C)CC(=O)OCc2ccccc2)C1=O. The normalized spacial score (nSPS) is 16.7. The molecular weight excluding hydrogens is 390 g/mol. The minimum atomic E-state index is -0.326. The van der Waals surface area contributed by atoms with E-state index in [0.29, 0.717) is 12.1 Å². The number of piperidine rings is 1. The molecule has 1 saturated heterocycles. The van der Waals surface area contributed by atoms with Gasteiger partial charge in [-0.2, -0.15) is 5.26 Å². The van der Waals surface area contributed by atoms with Crippen molar-refractivity contribution >= 4 is 17.6 Å². The second-order valence-corrected chi connectivity index (χ2v) is 8.80. The van der Waals surface area contributed by atoms with Crippen LogP contribution in [0.4, 0.5) is 5.69 Å². The Kier molecular flexibility index (Phi) is 6.77. The molecule has 0 aliphatic carbocycles. The van der Waals surface area contributed by atoms with Crippen molar-refractivity contribution in [2.45, 2.75) is 39.3 Å². The number of nitrogens with zero attached hydrogens (tertiary/aromatic N) is 3. The van der Waals surface area contributed by atoms with Crippen LogP contribution in [0, 0.1) is 25.2 Å². The second-order valence-electron chi connectivity index (χ2n) is 8.80. The molecule has 6 nitrogen and oxygen atoms in total. The molecule has 0 aromatic heterocycles. The maximum Gasteiger partial charge on any atom is 0.362 e. The first-order valence-corrected chi connectivity index (χ1v) is 10.6. The van der Waals surface area contributed by atoms with Crippen molar-refractivity contribution in [2.24, 2.45) is 0 Å². The Bertz CT molecular complexity index is 985. The summed E-state index contributed by atoms with van der Waals surface area (Å²) in [5.74, 6) is -0.299. The number of rotatable bonds is 6. The Morgan fingerprint density at radius 2 is 1.84 bits per heavy atom. The first-order chi connectivity index (χ1) is 14.7. The number of carbonyl (C=O) groups excluding carboxylic acids is 2. The van der Waals surface area contributed by atoms with Gasteiger partial charge in [0.15, 0.2) is 12.6 Å². The molecule has 162 valence electrons. The Morgan fingerprint density at radius 3 is 2.45 bits per heavy atom. The fraction of sp³-hybridized carbons (Fsp3) is 0.400. The van der Waals surface area contributed by atoms with Crippen molar-refractivity contribution in [1.29, 1.82) is 5.26 Å². The minimum absolute atomic E-state index is 0.0167. The number of anilines is 1. The zero-order valence-electron chi connectivity index (χ0n) is 18.7. The molecule has 3 rings (SSSR count). The molecule has 0 radical (unpaired) electrons. The number of aryl methyl sites for hydroxylation is 2. The van der Waals surface area contributed by atoms with Crippen molar-refractivity contribution < 1.29 is 18.8 Å². The summed E-state index contributed by atoms with van der Waals surface area (Å²) in [7, 11) is 3.82. The lowest BCUT2D eigenvalue weighted by atomic mass is 9.97. The molecule has 1 atom stereocenters. The molecule has 0 spiro atoms. The zero-order valence-corrected chi connectivity index (χ0v) is 18.7. The van der Waals surface area contributed by atoms with E-state index in [1.54, 1.807) is 0 Å². The van der Waals surface area contributed by atoms with Crippen LogP contribution in [-0.4, -0.2) is 49.6 Å². The van der Waals surface area contributed by atoms with E-state index in [1.807, 2.05) is 75.3 Å². The maximum absolute atomic E-state index is 13.5. The topological polar surface area (TPSA) is 70.4 Å². The van der Waals surface area contributed by atoms with Crippen molar-refractivity contribution in [3.05, 3.63) is 64.7 Å². The molecule has 1 heterocycles. The average Bonchev–Trinajstić information content (AvgIpc) is 2.73. The largest absolute Gasteiger partial charge is 0.457 e. The van der Waals surface area contributed by atoms with E-state index in [4.69, 9.17) is 4.74 Å². The van der Waals surface area contributed by atoms with Crippen LogP contribution in [0.25, 0.3) is 0 Å². The first-order valence-electron chi connectivity index (χ1n) is 10.6. The maximum atomic E-state index is 13.5. The lowest BCUT2D eigenvalue weighted by Crippen LogP contribution is -2.61. The summed E-state index contributed by atoms with van der Waals surface area (Å²) in [6, 6.07) is 15.0. The highest BCUT2D eigenvalue weighted by Gasteiger charge is 2.42. The Morgan fingerprint density at radius 1 is 1.19 bits per heavy atom. The quantitative estimate of drug-likeness (QED) is 0.530. The van der Waals surface area contributed by atoms with Crippen LogP contribution in [0.5, 0.6) is 0 Å². The summed E-state index contributed by atoms with van der Waals surface area (Å²) in [6.07, 6.45) is 1.58. The molecule has 6 heteroatoms. The van der Waals surface area contributed by atoms with E-state index in [9.17, 15) is 14.9 Å². The van der Waals surface area contributed by atoms with Crippen LogP contribution in [0.15, 0.2) is 42.5 Å². The van der Waals surface area contributed by atoms with E-state index < -0.39 is 0 Å². The van der Waals surface area contributed by atoms with E-state index >= 15 is 0 Å². The van der Waals surface area contributed by atoms with Crippen molar-refractivity contribution in [2.75, 3.05) is 32.1 Å². The van der Waals surface area contributed by atoms with Gasteiger partial charge in [0, 0.05) is 18.7 Å². The molecule has 1 fully saturated rings.